The largest absolute Gasteiger partial charge is 0.495 e. The Hall–Kier alpha value is -3.51. The van der Waals surface area contributed by atoms with Crippen molar-refractivity contribution in [2.75, 3.05) is 25.6 Å². The number of rotatable bonds is 7. The van der Waals surface area contributed by atoms with Gasteiger partial charge in [-0.25, -0.2) is 0 Å². The average molecular weight is 418 g/mol. The van der Waals surface area contributed by atoms with E-state index in [0.717, 1.165) is 16.9 Å². The summed E-state index contributed by atoms with van der Waals surface area (Å²) in [6.45, 7) is 2.84. The number of aryl methyl sites for hydroxylation is 1. The van der Waals surface area contributed by atoms with E-state index in [4.69, 9.17) is 14.2 Å². The summed E-state index contributed by atoms with van der Waals surface area (Å²) in [6, 6.07) is 22.3. The van der Waals surface area contributed by atoms with Gasteiger partial charge in [0.1, 0.15) is 24.5 Å². The summed E-state index contributed by atoms with van der Waals surface area (Å²) in [5.41, 5.74) is 2.54. The SMILES string of the molecule is COc1ccc(C)cc1NC(=O)[C@@H](NC[C@@H]1COc2ccccc2O1)c1ccccc1. The molecule has 2 atom stereocenters. The Morgan fingerprint density at radius 2 is 1.81 bits per heavy atom. The van der Waals surface area contributed by atoms with Gasteiger partial charge >= 0.3 is 0 Å². The third-order valence-electron chi connectivity index (χ3n) is 5.13. The number of hydrogen-bond acceptors (Lipinski definition) is 5. The van der Waals surface area contributed by atoms with Crippen molar-refractivity contribution in [1.82, 2.24) is 5.32 Å². The fourth-order valence-corrected chi connectivity index (χ4v) is 3.54. The van der Waals surface area contributed by atoms with E-state index < -0.39 is 6.04 Å². The lowest BCUT2D eigenvalue weighted by Crippen LogP contribution is -2.42. The maximum atomic E-state index is 13.3. The minimum absolute atomic E-state index is 0.174. The van der Waals surface area contributed by atoms with E-state index in [1.807, 2.05) is 79.7 Å². The Kier molecular flexibility index (Phi) is 6.38. The topological polar surface area (TPSA) is 68.8 Å². The second-order valence-electron chi connectivity index (χ2n) is 7.44. The van der Waals surface area contributed by atoms with Gasteiger partial charge in [0.15, 0.2) is 11.5 Å². The van der Waals surface area contributed by atoms with E-state index >= 15 is 0 Å². The van der Waals surface area contributed by atoms with Gasteiger partial charge < -0.3 is 19.5 Å². The number of amides is 1. The monoisotopic (exact) mass is 418 g/mol. The van der Waals surface area contributed by atoms with Crippen molar-refractivity contribution in [3.8, 4) is 17.2 Å². The first kappa shape index (κ1) is 20.8. The normalized spacial score (nSPS) is 15.7. The van der Waals surface area contributed by atoms with Crippen LogP contribution in [-0.4, -0.2) is 32.3 Å². The van der Waals surface area contributed by atoms with E-state index in [2.05, 4.69) is 10.6 Å². The fourth-order valence-electron chi connectivity index (χ4n) is 3.54. The molecule has 0 unspecified atom stereocenters. The van der Waals surface area contributed by atoms with E-state index in [1.165, 1.54) is 0 Å². The Balaban J connectivity index is 1.49. The zero-order valence-corrected chi connectivity index (χ0v) is 17.6. The van der Waals surface area contributed by atoms with Crippen LogP contribution in [0, 0.1) is 6.92 Å². The molecule has 0 bridgehead atoms. The molecule has 3 aromatic rings. The Morgan fingerprint density at radius 3 is 2.58 bits per heavy atom. The van der Waals surface area contributed by atoms with Gasteiger partial charge in [-0.15, -0.1) is 0 Å². The lowest BCUT2D eigenvalue weighted by Gasteiger charge is -2.28. The number of benzene rings is 3. The smallest absolute Gasteiger partial charge is 0.246 e. The van der Waals surface area contributed by atoms with Crippen LogP contribution < -0.4 is 24.8 Å². The molecular weight excluding hydrogens is 392 g/mol. The molecule has 0 aliphatic carbocycles. The highest BCUT2D eigenvalue weighted by Crippen LogP contribution is 2.31. The summed E-state index contributed by atoms with van der Waals surface area (Å²) in [5.74, 6) is 1.90. The van der Waals surface area contributed by atoms with Crippen molar-refractivity contribution < 1.29 is 19.0 Å². The molecule has 0 spiro atoms. The maximum Gasteiger partial charge on any atom is 0.246 e. The van der Waals surface area contributed by atoms with Crippen LogP contribution in [0.1, 0.15) is 17.2 Å². The predicted molar refractivity (Wildman–Crippen MR) is 120 cm³/mol. The third kappa shape index (κ3) is 4.98. The van der Waals surface area contributed by atoms with Crippen molar-refractivity contribution >= 4 is 11.6 Å². The predicted octanol–water partition coefficient (Wildman–Crippen LogP) is 4.11. The second kappa shape index (κ2) is 9.53. The fraction of sp³-hybridized carbons (Fsp3) is 0.240. The third-order valence-corrected chi connectivity index (χ3v) is 5.13. The Morgan fingerprint density at radius 1 is 1.06 bits per heavy atom. The van der Waals surface area contributed by atoms with Crippen molar-refractivity contribution in [3.05, 3.63) is 83.9 Å². The number of methoxy groups -OCH3 is 1. The standard InChI is InChI=1S/C25H26N2O4/c1-17-12-13-21(29-2)20(14-17)27-25(28)24(18-8-4-3-5-9-18)26-15-19-16-30-22-10-6-7-11-23(22)31-19/h3-14,19,24,26H,15-16H2,1-2H3,(H,27,28)/t19-,24+/m1/s1. The molecule has 31 heavy (non-hydrogen) atoms. The number of hydrogen-bond donors (Lipinski definition) is 2. The lowest BCUT2D eigenvalue weighted by molar-refractivity contribution is -0.118. The van der Waals surface area contributed by atoms with Crippen molar-refractivity contribution in [2.45, 2.75) is 19.1 Å². The van der Waals surface area contributed by atoms with Gasteiger partial charge in [-0.05, 0) is 42.3 Å². The minimum Gasteiger partial charge on any atom is -0.495 e. The van der Waals surface area contributed by atoms with Crippen LogP contribution in [0.4, 0.5) is 5.69 Å². The first-order valence-electron chi connectivity index (χ1n) is 10.3. The summed E-state index contributed by atoms with van der Waals surface area (Å²) in [5, 5.41) is 6.36. The van der Waals surface area contributed by atoms with Crippen LogP contribution >= 0.6 is 0 Å². The summed E-state index contributed by atoms with van der Waals surface area (Å²) < 4.78 is 17.2. The number of fused-ring (bicyclic) bond motifs is 1. The molecule has 0 saturated heterocycles. The number of nitrogens with one attached hydrogen (secondary N) is 2. The number of anilines is 1. The summed E-state index contributed by atoms with van der Waals surface area (Å²) in [7, 11) is 1.59. The highest BCUT2D eigenvalue weighted by molar-refractivity contribution is 5.96. The van der Waals surface area contributed by atoms with Crippen LogP contribution in [0.15, 0.2) is 72.8 Å². The van der Waals surface area contributed by atoms with Gasteiger partial charge in [0.05, 0.1) is 12.8 Å². The van der Waals surface area contributed by atoms with Crippen LogP contribution in [0.5, 0.6) is 17.2 Å². The molecule has 160 valence electrons. The average Bonchev–Trinajstić information content (AvgIpc) is 2.80. The molecular formula is C25H26N2O4. The van der Waals surface area contributed by atoms with Crippen LogP contribution in [0.3, 0.4) is 0 Å². The highest BCUT2D eigenvalue weighted by Gasteiger charge is 2.26. The van der Waals surface area contributed by atoms with Crippen LogP contribution in [0.2, 0.25) is 0 Å². The van der Waals surface area contributed by atoms with Crippen LogP contribution in [-0.2, 0) is 4.79 Å². The molecule has 1 amide bonds. The summed E-state index contributed by atoms with van der Waals surface area (Å²) in [6.07, 6.45) is -0.206. The van der Waals surface area contributed by atoms with E-state index in [-0.39, 0.29) is 12.0 Å². The molecule has 0 aromatic heterocycles. The van der Waals surface area contributed by atoms with Gasteiger partial charge in [-0.2, -0.15) is 0 Å². The maximum absolute atomic E-state index is 13.3. The quantitative estimate of drug-likeness (QED) is 0.604. The molecule has 1 aliphatic rings. The molecule has 1 aliphatic heterocycles. The molecule has 2 N–H and O–H groups in total. The number of carbonyl (C=O) groups is 1. The van der Waals surface area contributed by atoms with E-state index in [0.29, 0.717) is 30.3 Å². The van der Waals surface area contributed by atoms with Crippen molar-refractivity contribution in [3.63, 3.8) is 0 Å². The molecule has 4 rings (SSSR count). The molecule has 0 saturated carbocycles. The summed E-state index contributed by atoms with van der Waals surface area (Å²) >= 11 is 0. The van der Waals surface area contributed by atoms with Gasteiger partial charge in [0.2, 0.25) is 5.91 Å². The van der Waals surface area contributed by atoms with Gasteiger partial charge in [-0.3, -0.25) is 10.1 Å². The molecule has 0 radical (unpaired) electrons. The van der Waals surface area contributed by atoms with Crippen molar-refractivity contribution in [1.29, 1.82) is 0 Å². The summed E-state index contributed by atoms with van der Waals surface area (Å²) in [4.78, 5) is 13.3. The van der Waals surface area contributed by atoms with Gasteiger partial charge in [0, 0.05) is 6.54 Å². The van der Waals surface area contributed by atoms with E-state index in [1.54, 1.807) is 7.11 Å². The molecule has 0 fully saturated rings. The number of carbonyl (C=O) groups excluding carboxylic acids is 1. The molecule has 1 heterocycles. The minimum atomic E-state index is -0.563. The Labute approximate surface area is 182 Å². The zero-order chi connectivity index (χ0) is 21.6. The highest BCUT2D eigenvalue weighted by atomic mass is 16.6. The Bertz CT molecular complexity index is 1040. The first-order valence-corrected chi connectivity index (χ1v) is 10.3. The van der Waals surface area contributed by atoms with Crippen molar-refractivity contribution in [2.24, 2.45) is 0 Å². The van der Waals surface area contributed by atoms with Gasteiger partial charge in [0.25, 0.3) is 0 Å². The first-order chi connectivity index (χ1) is 15.1. The second-order valence-corrected chi connectivity index (χ2v) is 7.44. The lowest BCUT2D eigenvalue weighted by atomic mass is 10.1. The van der Waals surface area contributed by atoms with E-state index in [9.17, 15) is 4.79 Å². The molecule has 6 heteroatoms. The van der Waals surface area contributed by atoms with Crippen LogP contribution in [0.25, 0.3) is 0 Å². The van der Waals surface area contributed by atoms with Gasteiger partial charge in [-0.1, -0.05) is 48.5 Å². The molecule has 3 aromatic carbocycles. The zero-order valence-electron chi connectivity index (χ0n) is 17.6. The molecule has 6 nitrogen and oxygen atoms in total. The number of ether oxygens (including phenoxy) is 3. The number of para-hydroxylation sites is 2.